The summed E-state index contributed by atoms with van der Waals surface area (Å²) in [6.07, 6.45) is 5.79. The Kier molecular flexibility index (Phi) is 3.73. The van der Waals surface area contributed by atoms with Crippen molar-refractivity contribution in [1.29, 1.82) is 5.26 Å². The predicted octanol–water partition coefficient (Wildman–Crippen LogP) is 3.43. The first-order valence-electron chi connectivity index (χ1n) is 7.39. The van der Waals surface area contributed by atoms with Crippen LogP contribution in [0, 0.1) is 29.1 Å². The fourth-order valence-electron chi connectivity index (χ4n) is 3.74. The molecule has 0 amide bonds. The molecule has 3 heteroatoms. The van der Waals surface area contributed by atoms with Crippen LogP contribution in [0.25, 0.3) is 0 Å². The highest BCUT2D eigenvalue weighted by Gasteiger charge is 2.40. The molecular formula is C17H19NO2. The van der Waals surface area contributed by atoms with E-state index in [-0.39, 0.29) is 5.97 Å². The fourth-order valence-corrected chi connectivity index (χ4v) is 3.74. The molecule has 0 spiro atoms. The first kappa shape index (κ1) is 13.2. The van der Waals surface area contributed by atoms with Crippen molar-refractivity contribution in [3.05, 3.63) is 35.4 Å². The van der Waals surface area contributed by atoms with Crippen molar-refractivity contribution in [2.24, 2.45) is 17.8 Å². The number of benzene rings is 1. The Morgan fingerprint density at radius 3 is 2.65 bits per heavy atom. The molecule has 1 aromatic carbocycles. The van der Waals surface area contributed by atoms with Crippen LogP contribution in [-0.2, 0) is 16.1 Å². The first-order chi connectivity index (χ1) is 9.74. The van der Waals surface area contributed by atoms with Crippen LogP contribution in [0.1, 0.15) is 43.2 Å². The molecule has 3 rings (SSSR count). The minimum Gasteiger partial charge on any atom is -0.461 e. The average Bonchev–Trinajstić information content (AvgIpc) is 3.08. The molecule has 3 atom stereocenters. The van der Waals surface area contributed by atoms with Crippen molar-refractivity contribution in [3.8, 4) is 6.07 Å². The zero-order chi connectivity index (χ0) is 13.9. The quantitative estimate of drug-likeness (QED) is 0.787. The van der Waals surface area contributed by atoms with Gasteiger partial charge in [-0.1, -0.05) is 18.6 Å². The van der Waals surface area contributed by atoms with Gasteiger partial charge in [0.25, 0.3) is 0 Å². The van der Waals surface area contributed by atoms with Gasteiger partial charge in [-0.3, -0.25) is 4.79 Å². The van der Waals surface area contributed by atoms with E-state index < -0.39 is 0 Å². The van der Waals surface area contributed by atoms with Crippen LogP contribution in [0.3, 0.4) is 0 Å². The Morgan fingerprint density at radius 2 is 2.05 bits per heavy atom. The van der Waals surface area contributed by atoms with Crippen LogP contribution in [0.5, 0.6) is 0 Å². The number of fused-ring (bicyclic) bond motifs is 2. The number of carbonyl (C=O) groups is 1. The molecule has 104 valence electrons. The van der Waals surface area contributed by atoms with Crippen molar-refractivity contribution in [2.75, 3.05) is 0 Å². The van der Waals surface area contributed by atoms with Crippen molar-refractivity contribution < 1.29 is 9.53 Å². The van der Waals surface area contributed by atoms with Crippen molar-refractivity contribution >= 4 is 5.97 Å². The van der Waals surface area contributed by atoms with Gasteiger partial charge in [-0.2, -0.15) is 5.26 Å². The largest absolute Gasteiger partial charge is 0.461 e. The van der Waals surface area contributed by atoms with E-state index in [1.54, 1.807) is 12.1 Å². The zero-order valence-corrected chi connectivity index (χ0v) is 11.5. The molecule has 3 unspecified atom stereocenters. The van der Waals surface area contributed by atoms with E-state index in [4.69, 9.17) is 10.00 Å². The normalized spacial score (nSPS) is 27.2. The predicted molar refractivity (Wildman–Crippen MR) is 74.5 cm³/mol. The summed E-state index contributed by atoms with van der Waals surface area (Å²) < 4.78 is 5.35. The van der Waals surface area contributed by atoms with Gasteiger partial charge in [0, 0.05) is 6.42 Å². The number of carbonyl (C=O) groups excluding carboxylic acids is 1. The molecule has 20 heavy (non-hydrogen) atoms. The van der Waals surface area contributed by atoms with Gasteiger partial charge < -0.3 is 4.74 Å². The summed E-state index contributed by atoms with van der Waals surface area (Å²) in [6.45, 7) is 0.311. The maximum absolute atomic E-state index is 11.9. The standard InChI is InChI=1S/C17H19NO2/c18-10-12-1-3-13(4-2-12)11-20-17(19)9-16-8-14-5-6-15(16)7-14/h1-4,14-16H,5-9,11H2. The second-order valence-electron chi connectivity index (χ2n) is 6.11. The molecule has 2 bridgehead atoms. The Balaban J connectivity index is 1.46. The molecule has 2 aliphatic carbocycles. The summed E-state index contributed by atoms with van der Waals surface area (Å²) in [5.41, 5.74) is 1.56. The van der Waals surface area contributed by atoms with Gasteiger partial charge in [0.2, 0.25) is 0 Å². The maximum Gasteiger partial charge on any atom is 0.306 e. The molecule has 0 radical (unpaired) electrons. The summed E-state index contributed by atoms with van der Waals surface area (Å²) >= 11 is 0. The molecule has 0 saturated heterocycles. The van der Waals surface area contributed by atoms with E-state index in [1.165, 1.54) is 25.7 Å². The second kappa shape index (κ2) is 5.66. The van der Waals surface area contributed by atoms with E-state index >= 15 is 0 Å². The van der Waals surface area contributed by atoms with Gasteiger partial charge in [0.05, 0.1) is 11.6 Å². The highest BCUT2D eigenvalue weighted by molar-refractivity contribution is 5.69. The molecule has 3 nitrogen and oxygen atoms in total. The summed E-state index contributed by atoms with van der Waals surface area (Å²) in [6, 6.07) is 9.25. The number of esters is 1. The van der Waals surface area contributed by atoms with Crippen LogP contribution >= 0.6 is 0 Å². The lowest BCUT2D eigenvalue weighted by Crippen LogP contribution is -2.16. The van der Waals surface area contributed by atoms with E-state index in [0.29, 0.717) is 24.5 Å². The summed E-state index contributed by atoms with van der Waals surface area (Å²) in [4.78, 5) is 11.9. The van der Waals surface area contributed by atoms with Gasteiger partial charge in [0.15, 0.2) is 0 Å². The molecule has 0 aliphatic heterocycles. The third-order valence-corrected chi connectivity index (χ3v) is 4.80. The zero-order valence-electron chi connectivity index (χ0n) is 11.5. The topological polar surface area (TPSA) is 50.1 Å². The number of nitriles is 1. The number of hydrogen-bond donors (Lipinski definition) is 0. The minimum absolute atomic E-state index is 0.0769. The molecule has 2 fully saturated rings. The lowest BCUT2D eigenvalue weighted by atomic mass is 9.86. The Bertz CT molecular complexity index is 529. The smallest absolute Gasteiger partial charge is 0.306 e. The van der Waals surface area contributed by atoms with Crippen LogP contribution < -0.4 is 0 Å². The second-order valence-corrected chi connectivity index (χ2v) is 6.11. The van der Waals surface area contributed by atoms with Gasteiger partial charge in [-0.05, 0) is 54.7 Å². The van der Waals surface area contributed by atoms with Crippen molar-refractivity contribution in [2.45, 2.75) is 38.7 Å². The Labute approximate surface area is 119 Å². The highest BCUT2D eigenvalue weighted by Crippen LogP contribution is 2.49. The number of ether oxygens (including phenoxy) is 1. The van der Waals surface area contributed by atoms with Gasteiger partial charge in [-0.25, -0.2) is 0 Å². The Hall–Kier alpha value is -1.82. The first-order valence-corrected chi connectivity index (χ1v) is 7.39. The van der Waals surface area contributed by atoms with Gasteiger partial charge >= 0.3 is 5.97 Å². The fraction of sp³-hybridized carbons (Fsp3) is 0.529. The molecule has 0 N–H and O–H groups in total. The average molecular weight is 269 g/mol. The lowest BCUT2D eigenvalue weighted by Gasteiger charge is -2.20. The monoisotopic (exact) mass is 269 g/mol. The third-order valence-electron chi connectivity index (χ3n) is 4.80. The molecular weight excluding hydrogens is 250 g/mol. The van der Waals surface area contributed by atoms with E-state index in [9.17, 15) is 4.79 Å². The van der Waals surface area contributed by atoms with Gasteiger partial charge in [0.1, 0.15) is 6.61 Å². The third kappa shape index (κ3) is 2.85. The molecule has 1 aromatic rings. The van der Waals surface area contributed by atoms with Crippen LogP contribution in [0.15, 0.2) is 24.3 Å². The number of rotatable bonds is 4. The molecule has 0 heterocycles. The summed E-state index contributed by atoms with van der Waals surface area (Å²) in [5.74, 6) is 2.12. The van der Waals surface area contributed by atoms with E-state index in [1.807, 2.05) is 12.1 Å². The van der Waals surface area contributed by atoms with Crippen LogP contribution in [0.4, 0.5) is 0 Å². The lowest BCUT2D eigenvalue weighted by molar-refractivity contribution is -0.146. The number of hydrogen-bond acceptors (Lipinski definition) is 3. The summed E-state index contributed by atoms with van der Waals surface area (Å²) in [5, 5.41) is 8.72. The van der Waals surface area contributed by atoms with Crippen LogP contribution in [0.2, 0.25) is 0 Å². The molecule has 2 aliphatic rings. The minimum atomic E-state index is -0.0769. The number of nitrogens with zero attached hydrogens (tertiary/aromatic N) is 1. The highest BCUT2D eigenvalue weighted by atomic mass is 16.5. The van der Waals surface area contributed by atoms with E-state index in [0.717, 1.165) is 17.4 Å². The van der Waals surface area contributed by atoms with Crippen molar-refractivity contribution in [3.63, 3.8) is 0 Å². The maximum atomic E-state index is 11.9. The van der Waals surface area contributed by atoms with Crippen LogP contribution in [-0.4, -0.2) is 5.97 Å². The van der Waals surface area contributed by atoms with Crippen molar-refractivity contribution in [1.82, 2.24) is 0 Å². The molecule has 0 aromatic heterocycles. The molecule has 2 saturated carbocycles. The van der Waals surface area contributed by atoms with Gasteiger partial charge in [-0.15, -0.1) is 0 Å². The summed E-state index contributed by atoms with van der Waals surface area (Å²) in [7, 11) is 0. The Morgan fingerprint density at radius 1 is 1.25 bits per heavy atom. The van der Waals surface area contributed by atoms with E-state index in [2.05, 4.69) is 6.07 Å². The SMILES string of the molecule is N#Cc1ccc(COC(=O)CC2CC3CCC2C3)cc1.